The summed E-state index contributed by atoms with van der Waals surface area (Å²) >= 11 is 0. The van der Waals surface area contributed by atoms with Crippen LogP contribution in [0.1, 0.15) is 41.3 Å². The van der Waals surface area contributed by atoms with Crippen LogP contribution in [-0.4, -0.2) is 23.9 Å². The second-order valence-corrected chi connectivity index (χ2v) is 4.49. The van der Waals surface area contributed by atoms with Crippen LogP contribution in [0.5, 0.6) is 0 Å². The van der Waals surface area contributed by atoms with Crippen molar-refractivity contribution in [2.75, 3.05) is 13.1 Å². The lowest BCUT2D eigenvalue weighted by molar-refractivity contribution is 0.0792. The molecule has 0 unspecified atom stereocenters. The summed E-state index contributed by atoms with van der Waals surface area (Å²) in [6.45, 7) is 6.08. The molecule has 1 aliphatic heterocycles. The molecule has 2 nitrogen and oxygen atoms in total. The number of hydrogen-bond donors (Lipinski definition) is 0. The summed E-state index contributed by atoms with van der Waals surface area (Å²) < 4.78 is 0. The molecule has 0 bridgehead atoms. The van der Waals surface area contributed by atoms with Crippen LogP contribution in [0, 0.1) is 6.92 Å². The van der Waals surface area contributed by atoms with Crippen molar-refractivity contribution in [2.24, 2.45) is 0 Å². The first-order valence-corrected chi connectivity index (χ1v) is 6.11. The first kappa shape index (κ1) is 11.2. The Morgan fingerprint density at radius 3 is 2.62 bits per heavy atom. The number of likely N-dealkylation sites (tertiary alicyclic amines) is 1. The van der Waals surface area contributed by atoms with Gasteiger partial charge in [0.25, 0.3) is 5.91 Å². The third-order valence-corrected chi connectivity index (χ3v) is 3.37. The Bertz CT molecular complexity index is 392. The zero-order valence-electron chi connectivity index (χ0n) is 10.1. The largest absolute Gasteiger partial charge is 0.339 e. The number of carbonyl (C=O) groups is 1. The van der Waals surface area contributed by atoms with Crippen molar-refractivity contribution >= 4 is 5.91 Å². The van der Waals surface area contributed by atoms with Crippen molar-refractivity contribution in [1.29, 1.82) is 0 Å². The molecule has 1 amide bonds. The highest BCUT2D eigenvalue weighted by Crippen LogP contribution is 2.16. The van der Waals surface area contributed by atoms with Gasteiger partial charge in [-0.25, -0.2) is 0 Å². The van der Waals surface area contributed by atoms with Crippen LogP contribution in [0.3, 0.4) is 0 Å². The molecule has 16 heavy (non-hydrogen) atoms. The van der Waals surface area contributed by atoms with Gasteiger partial charge in [0.1, 0.15) is 0 Å². The molecule has 0 aromatic heterocycles. The average Bonchev–Trinajstić information content (AvgIpc) is 2.82. The van der Waals surface area contributed by atoms with E-state index < -0.39 is 0 Å². The topological polar surface area (TPSA) is 20.3 Å². The minimum atomic E-state index is 0.201. The lowest BCUT2D eigenvalue weighted by Crippen LogP contribution is -2.27. The fourth-order valence-electron chi connectivity index (χ4n) is 2.29. The van der Waals surface area contributed by atoms with Gasteiger partial charge in [0.2, 0.25) is 0 Å². The maximum absolute atomic E-state index is 12.2. The first-order valence-electron chi connectivity index (χ1n) is 6.11. The molecular formula is C14H19NO. The van der Waals surface area contributed by atoms with E-state index in [2.05, 4.69) is 26.0 Å². The van der Waals surface area contributed by atoms with Gasteiger partial charge in [-0.15, -0.1) is 0 Å². The fourth-order valence-corrected chi connectivity index (χ4v) is 2.29. The maximum Gasteiger partial charge on any atom is 0.253 e. The molecule has 0 aliphatic carbocycles. The molecular weight excluding hydrogens is 198 g/mol. The summed E-state index contributed by atoms with van der Waals surface area (Å²) in [6.07, 6.45) is 3.30. The highest BCUT2D eigenvalue weighted by Gasteiger charge is 2.19. The molecule has 2 heteroatoms. The number of carbonyl (C=O) groups excluding carboxylic acids is 1. The molecule has 1 heterocycles. The summed E-state index contributed by atoms with van der Waals surface area (Å²) in [5.41, 5.74) is 3.41. The number of hydrogen-bond acceptors (Lipinski definition) is 1. The van der Waals surface area contributed by atoms with E-state index in [1.807, 2.05) is 11.0 Å². The van der Waals surface area contributed by atoms with Crippen molar-refractivity contribution in [2.45, 2.75) is 33.1 Å². The molecule has 0 radical (unpaired) electrons. The van der Waals surface area contributed by atoms with E-state index in [4.69, 9.17) is 0 Å². The molecule has 0 spiro atoms. The zero-order valence-corrected chi connectivity index (χ0v) is 10.1. The van der Waals surface area contributed by atoms with Crippen molar-refractivity contribution in [3.8, 4) is 0 Å². The Balaban J connectivity index is 2.22. The first-order chi connectivity index (χ1) is 7.72. The van der Waals surface area contributed by atoms with Crippen LogP contribution >= 0.6 is 0 Å². The number of amides is 1. The smallest absolute Gasteiger partial charge is 0.253 e. The molecule has 1 aromatic rings. The second kappa shape index (κ2) is 4.69. The summed E-state index contributed by atoms with van der Waals surface area (Å²) in [7, 11) is 0. The van der Waals surface area contributed by atoms with Crippen LogP contribution in [0.2, 0.25) is 0 Å². The van der Waals surface area contributed by atoms with Crippen molar-refractivity contribution in [3.05, 3.63) is 34.9 Å². The highest BCUT2D eigenvalue weighted by molar-refractivity contribution is 5.94. The van der Waals surface area contributed by atoms with Gasteiger partial charge in [-0.05, 0) is 49.4 Å². The SMILES string of the molecule is CCc1cc(C(=O)N2CCCC2)ccc1C. The van der Waals surface area contributed by atoms with Crippen LogP contribution in [0.4, 0.5) is 0 Å². The normalized spacial score (nSPS) is 15.5. The van der Waals surface area contributed by atoms with E-state index in [9.17, 15) is 4.79 Å². The molecule has 1 aliphatic rings. The third-order valence-electron chi connectivity index (χ3n) is 3.37. The third kappa shape index (κ3) is 2.11. The van der Waals surface area contributed by atoms with E-state index in [-0.39, 0.29) is 5.91 Å². The number of nitrogens with zero attached hydrogens (tertiary/aromatic N) is 1. The molecule has 1 saturated heterocycles. The van der Waals surface area contributed by atoms with E-state index in [0.717, 1.165) is 37.9 Å². The molecule has 0 atom stereocenters. The summed E-state index contributed by atoms with van der Waals surface area (Å²) in [5, 5.41) is 0. The van der Waals surface area contributed by atoms with Crippen LogP contribution in [0.15, 0.2) is 18.2 Å². The van der Waals surface area contributed by atoms with Gasteiger partial charge in [-0.3, -0.25) is 4.79 Å². The Morgan fingerprint density at radius 1 is 1.31 bits per heavy atom. The summed E-state index contributed by atoms with van der Waals surface area (Å²) in [5.74, 6) is 0.201. The molecule has 86 valence electrons. The number of rotatable bonds is 2. The van der Waals surface area contributed by atoms with Crippen molar-refractivity contribution < 1.29 is 4.79 Å². The minimum absolute atomic E-state index is 0.201. The van der Waals surface area contributed by atoms with Crippen LogP contribution in [-0.2, 0) is 6.42 Å². The van der Waals surface area contributed by atoms with E-state index in [1.165, 1.54) is 11.1 Å². The second-order valence-electron chi connectivity index (χ2n) is 4.49. The van der Waals surface area contributed by atoms with Crippen molar-refractivity contribution in [1.82, 2.24) is 4.90 Å². The summed E-state index contributed by atoms with van der Waals surface area (Å²) in [4.78, 5) is 14.1. The van der Waals surface area contributed by atoms with Crippen molar-refractivity contribution in [3.63, 3.8) is 0 Å². The monoisotopic (exact) mass is 217 g/mol. The maximum atomic E-state index is 12.2. The Hall–Kier alpha value is -1.31. The summed E-state index contributed by atoms with van der Waals surface area (Å²) in [6, 6.07) is 6.06. The standard InChI is InChI=1S/C14H19NO/c1-3-12-10-13(7-6-11(12)2)14(16)15-8-4-5-9-15/h6-7,10H,3-5,8-9H2,1-2H3. The lowest BCUT2D eigenvalue weighted by Gasteiger charge is -2.16. The number of benzene rings is 1. The molecule has 2 rings (SSSR count). The lowest BCUT2D eigenvalue weighted by atomic mass is 10.0. The van der Waals surface area contributed by atoms with E-state index in [1.54, 1.807) is 0 Å². The predicted molar refractivity (Wildman–Crippen MR) is 65.7 cm³/mol. The molecule has 0 saturated carbocycles. The fraction of sp³-hybridized carbons (Fsp3) is 0.500. The van der Waals surface area contributed by atoms with Gasteiger partial charge in [0.05, 0.1) is 0 Å². The van der Waals surface area contributed by atoms with Crippen LogP contribution < -0.4 is 0 Å². The molecule has 1 fully saturated rings. The highest BCUT2D eigenvalue weighted by atomic mass is 16.2. The van der Waals surface area contributed by atoms with Gasteiger partial charge in [-0.2, -0.15) is 0 Å². The molecule has 1 aromatic carbocycles. The van der Waals surface area contributed by atoms with Gasteiger partial charge < -0.3 is 4.90 Å². The minimum Gasteiger partial charge on any atom is -0.339 e. The van der Waals surface area contributed by atoms with Gasteiger partial charge in [0.15, 0.2) is 0 Å². The average molecular weight is 217 g/mol. The Morgan fingerprint density at radius 2 is 2.00 bits per heavy atom. The van der Waals surface area contributed by atoms with E-state index >= 15 is 0 Å². The Labute approximate surface area is 97.3 Å². The Kier molecular flexibility index (Phi) is 3.28. The zero-order chi connectivity index (χ0) is 11.5. The van der Waals surface area contributed by atoms with Gasteiger partial charge in [-0.1, -0.05) is 13.0 Å². The molecule has 0 N–H and O–H groups in total. The quantitative estimate of drug-likeness (QED) is 0.746. The predicted octanol–water partition coefficient (Wildman–Crippen LogP) is 2.79. The number of aryl methyl sites for hydroxylation is 2. The van der Waals surface area contributed by atoms with Gasteiger partial charge in [0, 0.05) is 18.7 Å². The van der Waals surface area contributed by atoms with Gasteiger partial charge >= 0.3 is 0 Å². The van der Waals surface area contributed by atoms with E-state index in [0.29, 0.717) is 0 Å². The van der Waals surface area contributed by atoms with Crippen LogP contribution in [0.25, 0.3) is 0 Å².